The molecule has 3 rings (SSSR count). The molecule has 2 aromatic carbocycles. The van der Waals surface area contributed by atoms with Crippen molar-refractivity contribution in [2.45, 2.75) is 26.4 Å². The molecule has 8 heteroatoms. The topological polar surface area (TPSA) is 86.3 Å². The van der Waals surface area contributed by atoms with Crippen LogP contribution in [0.2, 0.25) is 0 Å². The van der Waals surface area contributed by atoms with Gasteiger partial charge in [0.05, 0.1) is 46.1 Å². The van der Waals surface area contributed by atoms with Gasteiger partial charge in [-0.15, -0.1) is 0 Å². The highest BCUT2D eigenvalue weighted by Gasteiger charge is 2.38. The molecule has 1 aliphatic heterocycles. The predicted octanol–water partition coefficient (Wildman–Crippen LogP) is 3.82. The van der Waals surface area contributed by atoms with Crippen LogP contribution in [0.1, 0.15) is 31.0 Å². The number of carbonyl (C=O) groups is 2. The highest BCUT2D eigenvalue weighted by atomic mass is 16.5. The van der Waals surface area contributed by atoms with Gasteiger partial charge in [-0.2, -0.15) is 0 Å². The van der Waals surface area contributed by atoms with Crippen LogP contribution in [-0.4, -0.2) is 44.8 Å². The number of methoxy groups -OCH3 is 3. The third-order valence-electron chi connectivity index (χ3n) is 5.32. The summed E-state index contributed by atoms with van der Waals surface area (Å²) >= 11 is 0. The van der Waals surface area contributed by atoms with Crippen LogP contribution in [0.25, 0.3) is 0 Å². The van der Waals surface area contributed by atoms with Crippen molar-refractivity contribution in [2.24, 2.45) is 0 Å². The van der Waals surface area contributed by atoms with E-state index in [1.165, 1.54) is 26.2 Å². The summed E-state index contributed by atoms with van der Waals surface area (Å²) in [7, 11) is 4.55. The number of nitrogens with one attached hydrogen (secondary N) is 1. The second-order valence-electron chi connectivity index (χ2n) is 7.12. The van der Waals surface area contributed by atoms with Crippen LogP contribution >= 0.6 is 0 Å². The van der Waals surface area contributed by atoms with Gasteiger partial charge in [-0.3, -0.25) is 4.90 Å². The van der Waals surface area contributed by atoms with E-state index in [4.69, 9.17) is 18.9 Å². The molecule has 1 atom stereocenters. The third-order valence-corrected chi connectivity index (χ3v) is 5.32. The maximum atomic E-state index is 13.1. The largest absolute Gasteiger partial charge is 0.496 e. The minimum Gasteiger partial charge on any atom is -0.496 e. The number of nitrogens with zero attached hydrogens (tertiary/aromatic N) is 1. The van der Waals surface area contributed by atoms with Gasteiger partial charge in [0.1, 0.15) is 5.75 Å². The van der Waals surface area contributed by atoms with Crippen molar-refractivity contribution in [1.82, 2.24) is 10.2 Å². The quantitative estimate of drug-likeness (QED) is 0.628. The second-order valence-corrected chi connectivity index (χ2v) is 7.12. The van der Waals surface area contributed by atoms with Crippen LogP contribution in [0.4, 0.5) is 4.79 Å². The number of esters is 1. The lowest BCUT2D eigenvalue weighted by Crippen LogP contribution is -2.47. The molecule has 8 nitrogen and oxygen atoms in total. The fourth-order valence-corrected chi connectivity index (χ4v) is 3.72. The van der Waals surface area contributed by atoms with Crippen molar-refractivity contribution in [2.75, 3.05) is 27.9 Å². The van der Waals surface area contributed by atoms with E-state index in [0.29, 0.717) is 40.6 Å². The zero-order valence-electron chi connectivity index (χ0n) is 18.9. The number of urea groups is 1. The lowest BCUT2D eigenvalue weighted by Gasteiger charge is -2.36. The minimum atomic E-state index is -0.789. The maximum absolute atomic E-state index is 13.1. The number of hydrogen-bond acceptors (Lipinski definition) is 6. The molecule has 0 fully saturated rings. The molecule has 0 saturated carbocycles. The summed E-state index contributed by atoms with van der Waals surface area (Å²) in [6.45, 7) is 4.01. The Bertz CT molecular complexity index is 1020. The molecule has 1 aliphatic rings. The Morgan fingerprint density at radius 1 is 1.00 bits per heavy atom. The van der Waals surface area contributed by atoms with E-state index in [9.17, 15) is 9.59 Å². The molecule has 0 radical (unpaired) electrons. The van der Waals surface area contributed by atoms with Crippen LogP contribution in [0, 0.1) is 0 Å². The molecule has 0 saturated heterocycles. The van der Waals surface area contributed by atoms with Crippen molar-refractivity contribution < 1.29 is 28.5 Å². The summed E-state index contributed by atoms with van der Waals surface area (Å²) in [6, 6.07) is 11.8. The zero-order chi connectivity index (χ0) is 23.3. The van der Waals surface area contributed by atoms with Crippen LogP contribution < -0.4 is 19.5 Å². The van der Waals surface area contributed by atoms with Crippen molar-refractivity contribution in [1.29, 1.82) is 0 Å². The first-order chi connectivity index (χ1) is 15.4. The van der Waals surface area contributed by atoms with E-state index >= 15 is 0 Å². The molecular formula is C24H28N2O6. The molecule has 1 N–H and O–H groups in total. The number of benzene rings is 2. The minimum absolute atomic E-state index is 0.206. The number of ether oxygens (including phenoxy) is 4. The van der Waals surface area contributed by atoms with Crippen LogP contribution in [0.15, 0.2) is 53.7 Å². The van der Waals surface area contributed by atoms with E-state index < -0.39 is 12.0 Å². The zero-order valence-corrected chi connectivity index (χ0v) is 18.9. The lowest BCUT2D eigenvalue weighted by molar-refractivity contribution is -0.139. The summed E-state index contributed by atoms with van der Waals surface area (Å²) in [5.74, 6) is 0.855. The number of hydrogen-bond donors (Lipinski definition) is 1. The molecule has 0 spiro atoms. The smallest absolute Gasteiger partial charge is 0.338 e. The first-order valence-corrected chi connectivity index (χ1v) is 10.2. The van der Waals surface area contributed by atoms with Gasteiger partial charge < -0.3 is 24.3 Å². The predicted molar refractivity (Wildman–Crippen MR) is 119 cm³/mol. The molecule has 0 aliphatic carbocycles. The maximum Gasteiger partial charge on any atom is 0.338 e. The SMILES string of the molecule is CCOC(=O)C1=C(C)N(Cc2ccccc2)C(=O)NC1c1cc(OC)c(OC)cc1OC. The van der Waals surface area contributed by atoms with Crippen molar-refractivity contribution in [3.05, 3.63) is 64.9 Å². The summed E-state index contributed by atoms with van der Waals surface area (Å²) in [5.41, 5.74) is 2.33. The molecule has 32 heavy (non-hydrogen) atoms. The average Bonchev–Trinajstić information content (AvgIpc) is 2.81. The first-order valence-electron chi connectivity index (χ1n) is 10.2. The Morgan fingerprint density at radius 3 is 2.22 bits per heavy atom. The Kier molecular flexibility index (Phi) is 7.25. The Balaban J connectivity index is 2.13. The molecule has 1 unspecified atom stereocenters. The van der Waals surface area contributed by atoms with E-state index in [0.717, 1.165) is 5.56 Å². The Morgan fingerprint density at radius 2 is 1.62 bits per heavy atom. The Hall–Kier alpha value is -3.68. The van der Waals surface area contributed by atoms with Gasteiger partial charge >= 0.3 is 12.0 Å². The highest BCUT2D eigenvalue weighted by molar-refractivity contribution is 5.95. The standard InChI is InChI=1S/C24H28N2O6/c1-6-32-23(27)21-15(2)26(14-16-10-8-7-9-11-16)24(28)25-22(21)17-12-19(30-4)20(31-5)13-18(17)29-3/h7-13,22H,6,14H2,1-5H3,(H,25,28). The first kappa shape index (κ1) is 23.0. The molecule has 2 aromatic rings. The average molecular weight is 440 g/mol. The number of allylic oxidation sites excluding steroid dienone is 1. The van der Waals surface area contributed by atoms with E-state index in [-0.39, 0.29) is 12.6 Å². The summed E-state index contributed by atoms with van der Waals surface area (Å²) in [4.78, 5) is 27.7. The van der Waals surface area contributed by atoms with Gasteiger partial charge in [0.15, 0.2) is 11.5 Å². The normalized spacial score (nSPS) is 15.8. The summed E-state index contributed by atoms with van der Waals surface area (Å²) < 4.78 is 21.7. The van der Waals surface area contributed by atoms with Crippen molar-refractivity contribution in [3.8, 4) is 17.2 Å². The molecule has 2 amide bonds. The van der Waals surface area contributed by atoms with E-state index in [1.807, 2.05) is 30.3 Å². The monoisotopic (exact) mass is 440 g/mol. The van der Waals surface area contributed by atoms with Crippen LogP contribution in [0.3, 0.4) is 0 Å². The van der Waals surface area contributed by atoms with Crippen LogP contribution in [0.5, 0.6) is 17.2 Å². The molecule has 170 valence electrons. The summed E-state index contributed by atoms with van der Waals surface area (Å²) in [6.07, 6.45) is 0. The Labute approximate surface area is 187 Å². The van der Waals surface area contributed by atoms with E-state index in [1.54, 1.807) is 26.0 Å². The van der Waals surface area contributed by atoms with Crippen LogP contribution in [-0.2, 0) is 16.1 Å². The molecular weight excluding hydrogens is 412 g/mol. The van der Waals surface area contributed by atoms with Gasteiger partial charge in [-0.1, -0.05) is 30.3 Å². The van der Waals surface area contributed by atoms with Gasteiger partial charge in [-0.05, 0) is 25.5 Å². The number of amides is 2. The van der Waals surface area contributed by atoms with E-state index in [2.05, 4.69) is 5.32 Å². The molecule has 0 aromatic heterocycles. The number of carbonyl (C=O) groups excluding carboxylic acids is 2. The van der Waals surface area contributed by atoms with Gasteiger partial charge in [0.25, 0.3) is 0 Å². The fraction of sp³-hybridized carbons (Fsp3) is 0.333. The second kappa shape index (κ2) is 10.1. The molecule has 1 heterocycles. The molecule has 0 bridgehead atoms. The van der Waals surface area contributed by atoms with Gasteiger partial charge in [0, 0.05) is 17.3 Å². The van der Waals surface area contributed by atoms with Gasteiger partial charge in [-0.25, -0.2) is 9.59 Å². The summed E-state index contributed by atoms with van der Waals surface area (Å²) in [5, 5.41) is 2.94. The fourth-order valence-electron chi connectivity index (χ4n) is 3.72. The number of rotatable bonds is 8. The van der Waals surface area contributed by atoms with Crippen molar-refractivity contribution in [3.63, 3.8) is 0 Å². The highest BCUT2D eigenvalue weighted by Crippen LogP contribution is 2.42. The van der Waals surface area contributed by atoms with Crippen molar-refractivity contribution >= 4 is 12.0 Å². The van der Waals surface area contributed by atoms with Gasteiger partial charge in [0.2, 0.25) is 0 Å². The lowest BCUT2D eigenvalue weighted by atomic mass is 9.93. The third kappa shape index (κ3) is 4.49.